The lowest BCUT2D eigenvalue weighted by molar-refractivity contribution is -0.384. The molecule has 8 nitrogen and oxygen atoms in total. The van der Waals surface area contributed by atoms with Crippen LogP contribution in [0.2, 0.25) is 0 Å². The first-order valence-corrected chi connectivity index (χ1v) is 9.71. The summed E-state index contributed by atoms with van der Waals surface area (Å²) < 4.78 is 12.9. The Labute approximate surface area is 172 Å². The number of nitrogens with zero attached hydrogens (tertiary/aromatic N) is 3. The lowest BCUT2D eigenvalue weighted by Crippen LogP contribution is -2.22. The van der Waals surface area contributed by atoms with Crippen LogP contribution in [-0.4, -0.2) is 21.4 Å². The Morgan fingerprint density at radius 2 is 2.03 bits per heavy atom. The van der Waals surface area contributed by atoms with Gasteiger partial charge in [-0.1, -0.05) is 23.5 Å². The number of benzene rings is 2. The summed E-state index contributed by atoms with van der Waals surface area (Å²) in [5, 5.41) is 11.4. The van der Waals surface area contributed by atoms with Crippen LogP contribution < -0.4 is 14.8 Å². The van der Waals surface area contributed by atoms with E-state index in [0.29, 0.717) is 32.3 Å². The molecule has 5 rings (SSSR count). The van der Waals surface area contributed by atoms with Crippen molar-refractivity contribution in [3.63, 3.8) is 0 Å². The number of ether oxygens (including phenoxy) is 1. The van der Waals surface area contributed by atoms with Crippen molar-refractivity contribution in [2.75, 3.05) is 7.11 Å². The van der Waals surface area contributed by atoms with E-state index in [1.54, 1.807) is 34.7 Å². The van der Waals surface area contributed by atoms with Gasteiger partial charge < -0.3 is 9.15 Å². The van der Waals surface area contributed by atoms with E-state index < -0.39 is 4.92 Å². The summed E-state index contributed by atoms with van der Waals surface area (Å²) in [6, 6.07) is 15.3. The van der Waals surface area contributed by atoms with Crippen LogP contribution in [0.3, 0.4) is 0 Å². The van der Waals surface area contributed by atoms with E-state index in [1.165, 1.54) is 24.5 Å². The Hall–Kier alpha value is -3.98. The molecule has 0 aliphatic rings. The van der Waals surface area contributed by atoms with Gasteiger partial charge in [-0.2, -0.15) is 0 Å². The maximum atomic E-state index is 12.9. The van der Waals surface area contributed by atoms with Crippen LogP contribution in [0.4, 0.5) is 5.69 Å². The molecule has 0 aliphatic heterocycles. The summed E-state index contributed by atoms with van der Waals surface area (Å²) in [5.41, 5.74) is 1.54. The summed E-state index contributed by atoms with van der Waals surface area (Å²) in [5.74, 6) is 1.13. The molecule has 0 fully saturated rings. The molecule has 3 aromatic heterocycles. The summed E-state index contributed by atoms with van der Waals surface area (Å²) in [7, 11) is 1.44. The second-order valence-electron chi connectivity index (χ2n) is 6.48. The molecule has 0 N–H and O–H groups in total. The molecule has 3 heterocycles. The quantitative estimate of drug-likeness (QED) is 0.326. The molecule has 0 atom stereocenters. The van der Waals surface area contributed by atoms with E-state index >= 15 is 0 Å². The van der Waals surface area contributed by atoms with Crippen molar-refractivity contribution in [2.24, 2.45) is 0 Å². The number of methoxy groups -OCH3 is 1. The first-order valence-electron chi connectivity index (χ1n) is 8.89. The smallest absolute Gasteiger partial charge is 0.284 e. The molecule has 2 aromatic carbocycles. The molecule has 148 valence electrons. The second-order valence-corrected chi connectivity index (χ2v) is 7.49. The highest BCUT2D eigenvalue weighted by atomic mass is 32.1. The average molecular weight is 419 g/mol. The van der Waals surface area contributed by atoms with Crippen molar-refractivity contribution in [3.05, 3.63) is 85.4 Å². The SMILES string of the molecule is COc1ccc(-c2ccc(C=c3sc4nc5ccccc5n4c3=O)o2)c([N+](=O)[O-])c1. The molecule has 30 heavy (non-hydrogen) atoms. The van der Waals surface area contributed by atoms with Gasteiger partial charge in [0.2, 0.25) is 0 Å². The third kappa shape index (κ3) is 2.83. The fraction of sp³-hybridized carbons (Fsp3) is 0.0476. The number of furan rings is 1. The number of aromatic nitrogens is 2. The molecule has 5 aromatic rings. The summed E-state index contributed by atoms with van der Waals surface area (Å²) in [4.78, 5) is 28.9. The molecule has 0 radical (unpaired) electrons. The predicted octanol–water partition coefficient (Wildman–Crippen LogP) is 3.63. The van der Waals surface area contributed by atoms with Crippen molar-refractivity contribution in [2.45, 2.75) is 0 Å². The normalized spacial score (nSPS) is 12.1. The fourth-order valence-electron chi connectivity index (χ4n) is 3.31. The van der Waals surface area contributed by atoms with E-state index in [1.807, 2.05) is 24.3 Å². The van der Waals surface area contributed by atoms with Gasteiger partial charge in [-0.3, -0.25) is 14.9 Å². The van der Waals surface area contributed by atoms with Gasteiger partial charge in [0.15, 0.2) is 4.96 Å². The molecule has 0 amide bonds. The van der Waals surface area contributed by atoms with Crippen molar-refractivity contribution in [1.29, 1.82) is 0 Å². The number of hydrogen-bond donors (Lipinski definition) is 0. The van der Waals surface area contributed by atoms with Crippen molar-refractivity contribution >= 4 is 39.1 Å². The summed E-state index contributed by atoms with van der Waals surface area (Å²) in [6.45, 7) is 0. The van der Waals surface area contributed by atoms with Gasteiger partial charge in [-0.15, -0.1) is 0 Å². The van der Waals surface area contributed by atoms with E-state index in [4.69, 9.17) is 9.15 Å². The van der Waals surface area contributed by atoms with Gasteiger partial charge in [-0.05, 0) is 36.4 Å². The monoisotopic (exact) mass is 419 g/mol. The largest absolute Gasteiger partial charge is 0.497 e. The molecule has 0 unspecified atom stereocenters. The molecule has 0 saturated carbocycles. The third-order valence-corrected chi connectivity index (χ3v) is 5.68. The Morgan fingerprint density at radius 3 is 2.83 bits per heavy atom. The van der Waals surface area contributed by atoms with Crippen molar-refractivity contribution < 1.29 is 14.1 Å². The minimum absolute atomic E-state index is 0.124. The number of hydrogen-bond acceptors (Lipinski definition) is 7. The highest BCUT2D eigenvalue weighted by Crippen LogP contribution is 2.34. The number of nitro groups is 1. The van der Waals surface area contributed by atoms with E-state index in [-0.39, 0.29) is 11.2 Å². The lowest BCUT2D eigenvalue weighted by Gasteiger charge is -2.03. The average Bonchev–Trinajstić information content (AvgIpc) is 3.43. The van der Waals surface area contributed by atoms with Crippen LogP contribution >= 0.6 is 11.3 Å². The first-order chi connectivity index (χ1) is 14.5. The fourth-order valence-corrected chi connectivity index (χ4v) is 4.28. The zero-order chi connectivity index (χ0) is 20.8. The van der Waals surface area contributed by atoms with Crippen LogP contribution in [0.1, 0.15) is 5.76 Å². The van der Waals surface area contributed by atoms with Crippen LogP contribution in [0, 0.1) is 10.1 Å². The van der Waals surface area contributed by atoms with Crippen LogP contribution in [0.25, 0.3) is 33.4 Å². The van der Waals surface area contributed by atoms with Gasteiger partial charge in [-0.25, -0.2) is 9.38 Å². The number of rotatable bonds is 4. The highest BCUT2D eigenvalue weighted by molar-refractivity contribution is 7.15. The second kappa shape index (κ2) is 6.82. The molecule has 0 bridgehead atoms. The molecule has 0 saturated heterocycles. The van der Waals surface area contributed by atoms with Crippen molar-refractivity contribution in [1.82, 2.24) is 9.38 Å². The lowest BCUT2D eigenvalue weighted by atomic mass is 10.1. The number of imidazole rings is 1. The minimum atomic E-state index is -0.487. The van der Waals surface area contributed by atoms with Gasteiger partial charge in [0, 0.05) is 6.08 Å². The van der Waals surface area contributed by atoms with E-state index in [0.717, 1.165) is 11.0 Å². The predicted molar refractivity (Wildman–Crippen MR) is 113 cm³/mol. The maximum Gasteiger partial charge on any atom is 0.284 e. The Kier molecular flexibility index (Phi) is 4.11. The minimum Gasteiger partial charge on any atom is -0.497 e. The number of nitro benzene ring substituents is 1. The zero-order valence-electron chi connectivity index (χ0n) is 15.6. The van der Waals surface area contributed by atoms with Crippen molar-refractivity contribution in [3.8, 4) is 17.1 Å². The van der Waals surface area contributed by atoms with Gasteiger partial charge >= 0.3 is 0 Å². The number of para-hydroxylation sites is 2. The molecular weight excluding hydrogens is 406 g/mol. The maximum absolute atomic E-state index is 12.9. The molecule has 0 spiro atoms. The van der Waals surface area contributed by atoms with Gasteiger partial charge in [0.1, 0.15) is 21.8 Å². The van der Waals surface area contributed by atoms with E-state index in [9.17, 15) is 14.9 Å². The topological polar surface area (TPSA) is 99.9 Å². The Balaban J connectivity index is 1.60. The highest BCUT2D eigenvalue weighted by Gasteiger charge is 2.19. The van der Waals surface area contributed by atoms with Crippen LogP contribution in [0.15, 0.2) is 63.8 Å². The third-order valence-electron chi connectivity index (χ3n) is 4.71. The number of fused-ring (bicyclic) bond motifs is 3. The zero-order valence-corrected chi connectivity index (χ0v) is 16.4. The Bertz CT molecular complexity index is 1550. The van der Waals surface area contributed by atoms with Gasteiger partial charge in [0.25, 0.3) is 11.2 Å². The van der Waals surface area contributed by atoms with Gasteiger partial charge in [0.05, 0.1) is 34.7 Å². The van der Waals surface area contributed by atoms with Crippen LogP contribution in [0.5, 0.6) is 5.75 Å². The summed E-state index contributed by atoms with van der Waals surface area (Å²) >= 11 is 1.26. The summed E-state index contributed by atoms with van der Waals surface area (Å²) in [6.07, 6.45) is 1.62. The number of thiazole rings is 1. The molecular formula is C21H13N3O5S. The first kappa shape index (κ1) is 18.1. The standard InChI is InChI=1S/C21H13N3O5S/c1-28-12-6-8-14(17(10-12)24(26)27)18-9-7-13(29-18)11-19-20(25)23-16-5-3-2-4-15(16)22-21(23)30-19/h2-11H,1H3. The Morgan fingerprint density at radius 1 is 1.20 bits per heavy atom. The van der Waals surface area contributed by atoms with Crippen LogP contribution in [-0.2, 0) is 0 Å². The molecule has 9 heteroatoms. The molecule has 0 aliphatic carbocycles. The van der Waals surface area contributed by atoms with E-state index in [2.05, 4.69) is 4.98 Å².